The minimum atomic E-state index is -4.48. The Kier molecular flexibility index (Phi) is 5.05. The highest BCUT2D eigenvalue weighted by molar-refractivity contribution is 6.30. The average molecular weight is 339 g/mol. The lowest BCUT2D eigenvalue weighted by atomic mass is 10.3. The molecule has 0 aliphatic heterocycles. The second-order valence-corrected chi connectivity index (χ2v) is 5.09. The third-order valence-electron chi connectivity index (χ3n) is 2.67. The van der Waals surface area contributed by atoms with Crippen LogP contribution in [0.15, 0.2) is 18.6 Å². The van der Waals surface area contributed by atoms with Crippen LogP contribution in [0, 0.1) is 0 Å². The van der Waals surface area contributed by atoms with Crippen LogP contribution in [-0.2, 0) is 19.1 Å². The molecule has 0 bridgehead atoms. The van der Waals surface area contributed by atoms with Crippen molar-refractivity contribution in [1.29, 1.82) is 0 Å². The molecular weight excluding hydrogens is 328 g/mol. The van der Waals surface area contributed by atoms with Crippen molar-refractivity contribution in [2.75, 3.05) is 5.88 Å². The molecule has 0 aliphatic carbocycles. The van der Waals surface area contributed by atoms with Crippen LogP contribution < -0.4 is 0 Å². The van der Waals surface area contributed by atoms with Crippen LogP contribution in [0.5, 0.6) is 0 Å². The predicted molar refractivity (Wildman–Crippen MR) is 72.4 cm³/mol. The number of hydrogen-bond acceptors (Lipinski definition) is 3. The zero-order valence-electron chi connectivity index (χ0n) is 10.7. The molecule has 4 nitrogen and oxygen atoms in total. The van der Waals surface area contributed by atoms with E-state index < -0.39 is 11.9 Å². The van der Waals surface area contributed by atoms with Gasteiger partial charge in [-0.2, -0.15) is 13.2 Å². The Balaban J connectivity index is 2.27. The van der Waals surface area contributed by atoms with E-state index in [-0.39, 0.29) is 6.54 Å². The van der Waals surface area contributed by atoms with Crippen LogP contribution in [0.25, 0.3) is 0 Å². The van der Waals surface area contributed by atoms with Crippen molar-refractivity contribution in [3.05, 3.63) is 41.0 Å². The van der Waals surface area contributed by atoms with Gasteiger partial charge < -0.3 is 4.57 Å². The number of nitrogens with zero attached hydrogens (tertiary/aromatic N) is 4. The number of hydrogen-bond donors (Lipinski definition) is 0. The van der Waals surface area contributed by atoms with E-state index in [9.17, 15) is 13.2 Å². The zero-order valence-corrected chi connectivity index (χ0v) is 12.3. The molecule has 0 fully saturated rings. The first-order chi connectivity index (χ1) is 9.90. The quantitative estimate of drug-likeness (QED) is 0.783. The molecule has 0 saturated heterocycles. The minimum Gasteiger partial charge on any atom is -0.327 e. The maximum Gasteiger partial charge on any atom is 0.434 e. The lowest BCUT2D eigenvalue weighted by Gasteiger charge is -2.06. The lowest BCUT2D eigenvalue weighted by molar-refractivity contribution is -0.141. The van der Waals surface area contributed by atoms with Crippen LogP contribution in [-0.4, -0.2) is 25.4 Å². The predicted octanol–water partition coefficient (Wildman–Crippen LogP) is 3.57. The molecule has 0 spiro atoms. The van der Waals surface area contributed by atoms with Gasteiger partial charge in [0.05, 0.1) is 11.6 Å². The summed E-state index contributed by atoms with van der Waals surface area (Å²) < 4.78 is 39.6. The Labute approximate surface area is 128 Å². The van der Waals surface area contributed by atoms with Crippen LogP contribution in [0.1, 0.15) is 23.8 Å². The van der Waals surface area contributed by atoms with Crippen molar-refractivity contribution < 1.29 is 13.2 Å². The molecule has 0 amide bonds. The van der Waals surface area contributed by atoms with Crippen molar-refractivity contribution in [3.63, 3.8) is 0 Å². The van der Waals surface area contributed by atoms with Gasteiger partial charge in [0.25, 0.3) is 0 Å². The molecule has 0 aliphatic rings. The molecular formula is C12H11Cl2F3N4. The number of halogens is 5. The van der Waals surface area contributed by atoms with Gasteiger partial charge in [-0.25, -0.2) is 15.0 Å². The Hall–Kier alpha value is -1.34. The summed E-state index contributed by atoms with van der Waals surface area (Å²) in [6, 6.07) is 0. The van der Waals surface area contributed by atoms with E-state index in [0.717, 1.165) is 6.20 Å². The van der Waals surface area contributed by atoms with E-state index in [2.05, 4.69) is 15.0 Å². The molecule has 0 atom stereocenters. The lowest BCUT2D eigenvalue weighted by Crippen LogP contribution is -2.07. The highest BCUT2D eigenvalue weighted by Gasteiger charge is 2.34. The monoisotopic (exact) mass is 338 g/mol. The van der Waals surface area contributed by atoms with Crippen molar-refractivity contribution in [2.45, 2.75) is 25.6 Å². The molecule has 2 aromatic heterocycles. The first-order valence-corrected chi connectivity index (χ1v) is 6.97. The average Bonchev–Trinajstić information content (AvgIpc) is 2.82. The van der Waals surface area contributed by atoms with Gasteiger partial charge in [-0.15, -0.1) is 11.6 Å². The fraction of sp³-hybridized carbons (Fsp3) is 0.417. The number of imidazole rings is 1. The minimum absolute atomic E-state index is 0.0951. The van der Waals surface area contributed by atoms with E-state index in [0.29, 0.717) is 35.4 Å². The smallest absolute Gasteiger partial charge is 0.327 e. The van der Waals surface area contributed by atoms with Crippen molar-refractivity contribution in [2.24, 2.45) is 0 Å². The second-order valence-electron chi connectivity index (χ2n) is 4.28. The summed E-state index contributed by atoms with van der Waals surface area (Å²) in [4.78, 5) is 11.6. The van der Waals surface area contributed by atoms with Gasteiger partial charge in [0, 0.05) is 30.9 Å². The van der Waals surface area contributed by atoms with Gasteiger partial charge in [0.1, 0.15) is 11.6 Å². The van der Waals surface area contributed by atoms with Gasteiger partial charge in [-0.05, 0) is 6.42 Å². The Morgan fingerprint density at radius 3 is 2.43 bits per heavy atom. The van der Waals surface area contributed by atoms with Crippen molar-refractivity contribution >= 4 is 23.2 Å². The number of aryl methyl sites for hydroxylation is 1. The number of alkyl halides is 4. The first-order valence-electron chi connectivity index (χ1n) is 6.06. The maximum atomic E-state index is 12.7. The summed E-state index contributed by atoms with van der Waals surface area (Å²) >= 11 is 11.3. The van der Waals surface area contributed by atoms with E-state index >= 15 is 0 Å². The van der Waals surface area contributed by atoms with Crippen molar-refractivity contribution in [1.82, 2.24) is 19.5 Å². The van der Waals surface area contributed by atoms with Crippen LogP contribution in [0.4, 0.5) is 13.2 Å². The Morgan fingerprint density at radius 2 is 1.86 bits per heavy atom. The summed E-state index contributed by atoms with van der Waals surface area (Å²) in [6.45, 7) is 0.0951. The summed E-state index contributed by atoms with van der Waals surface area (Å²) in [5.74, 6) is 1.02. The molecule has 114 valence electrons. The topological polar surface area (TPSA) is 43.6 Å². The van der Waals surface area contributed by atoms with Gasteiger partial charge in [-0.3, -0.25) is 0 Å². The van der Waals surface area contributed by atoms with E-state index in [1.54, 1.807) is 0 Å². The van der Waals surface area contributed by atoms with Crippen molar-refractivity contribution in [3.8, 4) is 0 Å². The normalized spacial score (nSPS) is 11.9. The summed E-state index contributed by atoms with van der Waals surface area (Å²) in [5.41, 5.74) is -0.930. The second kappa shape index (κ2) is 6.62. The summed E-state index contributed by atoms with van der Waals surface area (Å²) in [7, 11) is 0. The molecule has 2 heterocycles. The summed E-state index contributed by atoms with van der Waals surface area (Å²) in [6.07, 6.45) is 0.154. The SMILES string of the molecule is FC(F)(F)c1cn(Cc2ncc(Cl)cn2)c(CCCCl)n1. The van der Waals surface area contributed by atoms with E-state index in [1.807, 2.05) is 0 Å². The molecule has 0 saturated carbocycles. The molecule has 0 radical (unpaired) electrons. The fourth-order valence-electron chi connectivity index (χ4n) is 1.73. The highest BCUT2D eigenvalue weighted by atomic mass is 35.5. The van der Waals surface area contributed by atoms with Gasteiger partial charge in [0.15, 0.2) is 5.69 Å². The number of rotatable bonds is 5. The third-order valence-corrected chi connectivity index (χ3v) is 3.13. The van der Waals surface area contributed by atoms with Gasteiger partial charge in [0.2, 0.25) is 0 Å². The van der Waals surface area contributed by atoms with Crippen LogP contribution in [0.2, 0.25) is 5.02 Å². The molecule has 0 unspecified atom stereocenters. The van der Waals surface area contributed by atoms with Gasteiger partial charge >= 0.3 is 6.18 Å². The molecule has 9 heteroatoms. The molecule has 21 heavy (non-hydrogen) atoms. The fourth-order valence-corrected chi connectivity index (χ4v) is 1.96. The first kappa shape index (κ1) is 16.0. The Bertz CT molecular complexity index is 596. The van der Waals surface area contributed by atoms with Gasteiger partial charge in [-0.1, -0.05) is 11.6 Å². The highest BCUT2D eigenvalue weighted by Crippen LogP contribution is 2.28. The van der Waals surface area contributed by atoms with Crippen LogP contribution >= 0.6 is 23.2 Å². The summed E-state index contributed by atoms with van der Waals surface area (Å²) in [5, 5.41) is 0.364. The largest absolute Gasteiger partial charge is 0.434 e. The molecule has 2 rings (SSSR count). The third kappa shape index (κ3) is 4.31. The molecule has 0 aromatic carbocycles. The zero-order chi connectivity index (χ0) is 15.5. The number of aromatic nitrogens is 4. The Morgan fingerprint density at radius 1 is 1.19 bits per heavy atom. The van der Waals surface area contributed by atoms with E-state index in [4.69, 9.17) is 23.2 Å². The molecule has 2 aromatic rings. The standard InChI is InChI=1S/C12H11Cl2F3N4/c13-3-1-2-11-20-9(12(15,16)17)6-21(11)7-10-18-4-8(14)5-19-10/h4-6H,1-3,7H2. The van der Waals surface area contributed by atoms with Crippen LogP contribution in [0.3, 0.4) is 0 Å². The molecule has 0 N–H and O–H groups in total. The van der Waals surface area contributed by atoms with E-state index in [1.165, 1.54) is 17.0 Å². The maximum absolute atomic E-state index is 12.7.